The van der Waals surface area contributed by atoms with Gasteiger partial charge in [0, 0.05) is 37.3 Å². The van der Waals surface area contributed by atoms with Crippen molar-refractivity contribution in [3.63, 3.8) is 0 Å². The molecule has 0 bridgehead atoms. The Morgan fingerprint density at radius 3 is 2.43 bits per heavy atom. The second kappa shape index (κ2) is 9.40. The van der Waals surface area contributed by atoms with E-state index >= 15 is 0 Å². The Morgan fingerprint density at radius 2 is 1.73 bits per heavy atom. The number of likely N-dealkylation sites (tertiary alicyclic amines) is 1. The summed E-state index contributed by atoms with van der Waals surface area (Å²) in [5.41, 5.74) is 2.95. The van der Waals surface area contributed by atoms with Crippen LogP contribution in [0, 0.1) is 13.8 Å². The zero-order valence-electron chi connectivity index (χ0n) is 17.3. The quantitative estimate of drug-likeness (QED) is 0.707. The first-order chi connectivity index (χ1) is 14.3. The third-order valence-corrected chi connectivity index (χ3v) is 6.68. The number of aryl methyl sites for hydroxylation is 2. The van der Waals surface area contributed by atoms with Crippen molar-refractivity contribution in [1.29, 1.82) is 0 Å². The van der Waals surface area contributed by atoms with Gasteiger partial charge in [-0.1, -0.05) is 12.1 Å². The molecule has 0 aliphatic carbocycles. The number of hydrogen-bond donors (Lipinski definition) is 2. The van der Waals surface area contributed by atoms with Gasteiger partial charge in [-0.15, -0.1) is 0 Å². The molecule has 0 unspecified atom stereocenters. The Kier molecular flexibility index (Phi) is 6.89. The number of amides is 2. The molecule has 1 saturated heterocycles. The van der Waals surface area contributed by atoms with Gasteiger partial charge in [0.25, 0.3) is 5.91 Å². The Balaban J connectivity index is 1.54. The van der Waals surface area contributed by atoms with Gasteiger partial charge >= 0.3 is 0 Å². The van der Waals surface area contributed by atoms with Gasteiger partial charge in [-0.05, 0) is 68.1 Å². The highest BCUT2D eigenvalue weighted by molar-refractivity contribution is 7.89. The predicted molar refractivity (Wildman–Crippen MR) is 116 cm³/mol. The van der Waals surface area contributed by atoms with Crippen LogP contribution in [0.1, 0.15) is 40.7 Å². The van der Waals surface area contributed by atoms with Crippen LogP contribution in [0.15, 0.2) is 47.4 Å². The number of anilines is 1. The van der Waals surface area contributed by atoms with E-state index in [1.54, 1.807) is 42.5 Å². The van der Waals surface area contributed by atoms with Crippen LogP contribution in [0.25, 0.3) is 0 Å². The highest BCUT2D eigenvalue weighted by atomic mass is 32.2. The van der Waals surface area contributed by atoms with Crippen molar-refractivity contribution in [2.45, 2.75) is 38.0 Å². The van der Waals surface area contributed by atoms with E-state index in [9.17, 15) is 18.0 Å². The average molecular weight is 430 g/mol. The fourth-order valence-electron chi connectivity index (χ4n) is 3.32. The topological polar surface area (TPSA) is 95.6 Å². The molecule has 0 radical (unpaired) electrons. The molecule has 2 aromatic rings. The largest absolute Gasteiger partial charge is 0.339 e. The molecule has 0 aromatic heterocycles. The molecule has 3 rings (SSSR count). The van der Waals surface area contributed by atoms with E-state index in [-0.39, 0.29) is 29.7 Å². The molecule has 2 aromatic carbocycles. The van der Waals surface area contributed by atoms with Crippen LogP contribution in [0.4, 0.5) is 5.69 Å². The Hall–Kier alpha value is -2.71. The Labute approximate surface area is 177 Å². The molecule has 0 spiro atoms. The van der Waals surface area contributed by atoms with Gasteiger partial charge < -0.3 is 10.2 Å². The minimum absolute atomic E-state index is 0.0195. The lowest BCUT2D eigenvalue weighted by atomic mass is 10.1. The summed E-state index contributed by atoms with van der Waals surface area (Å²) in [5, 5.41) is 2.73. The third-order valence-electron chi connectivity index (χ3n) is 5.22. The summed E-state index contributed by atoms with van der Waals surface area (Å²) < 4.78 is 27.2. The number of nitrogens with zero attached hydrogens (tertiary/aromatic N) is 1. The Bertz CT molecular complexity index is 1040. The lowest BCUT2D eigenvalue weighted by molar-refractivity contribution is -0.116. The Morgan fingerprint density at radius 1 is 1.00 bits per heavy atom. The van der Waals surface area contributed by atoms with Crippen molar-refractivity contribution in [2.24, 2.45) is 0 Å². The predicted octanol–water partition coefficient (Wildman–Crippen LogP) is 2.85. The summed E-state index contributed by atoms with van der Waals surface area (Å²) in [6.07, 6.45) is 2.01. The molecule has 30 heavy (non-hydrogen) atoms. The number of nitrogens with one attached hydrogen (secondary N) is 2. The summed E-state index contributed by atoms with van der Waals surface area (Å²) in [6, 6.07) is 11.7. The summed E-state index contributed by atoms with van der Waals surface area (Å²) in [4.78, 5) is 26.7. The van der Waals surface area contributed by atoms with Crippen LogP contribution in [0.3, 0.4) is 0 Å². The molecule has 7 nitrogen and oxygen atoms in total. The second-order valence-electron chi connectivity index (χ2n) is 7.52. The average Bonchev–Trinajstić information content (AvgIpc) is 3.24. The van der Waals surface area contributed by atoms with E-state index in [1.807, 2.05) is 18.7 Å². The number of rotatable bonds is 7. The highest BCUT2D eigenvalue weighted by Crippen LogP contribution is 2.17. The van der Waals surface area contributed by atoms with Crippen molar-refractivity contribution >= 4 is 27.5 Å². The van der Waals surface area contributed by atoms with Crippen molar-refractivity contribution in [2.75, 3.05) is 25.0 Å². The molecule has 160 valence electrons. The number of sulfonamides is 1. The molecule has 0 saturated carbocycles. The van der Waals surface area contributed by atoms with Gasteiger partial charge in [-0.25, -0.2) is 13.1 Å². The van der Waals surface area contributed by atoms with Gasteiger partial charge in [-0.2, -0.15) is 0 Å². The van der Waals surface area contributed by atoms with Gasteiger partial charge in [0.2, 0.25) is 15.9 Å². The molecule has 1 fully saturated rings. The molecule has 1 heterocycles. The number of carbonyl (C=O) groups excluding carboxylic acids is 2. The second-order valence-corrected chi connectivity index (χ2v) is 9.29. The molecule has 1 aliphatic rings. The first-order valence-corrected chi connectivity index (χ1v) is 11.5. The molecule has 2 amide bonds. The first kappa shape index (κ1) is 22.0. The van der Waals surface area contributed by atoms with Crippen molar-refractivity contribution in [1.82, 2.24) is 9.62 Å². The SMILES string of the molecule is Cc1ccc(S(=O)(=O)NCCC(=O)Nc2cccc(C(=O)N3CCCC3)c2)cc1C. The lowest BCUT2D eigenvalue weighted by Crippen LogP contribution is -2.28. The molecule has 1 aliphatic heterocycles. The number of benzene rings is 2. The van der Waals surface area contributed by atoms with E-state index in [2.05, 4.69) is 10.0 Å². The fraction of sp³-hybridized carbons (Fsp3) is 0.364. The van der Waals surface area contributed by atoms with Gasteiger partial charge in [0.15, 0.2) is 0 Å². The zero-order chi connectivity index (χ0) is 21.7. The molecule has 0 atom stereocenters. The van der Waals surface area contributed by atoms with Crippen LogP contribution < -0.4 is 10.0 Å². The van der Waals surface area contributed by atoms with E-state index in [1.165, 1.54) is 0 Å². The van der Waals surface area contributed by atoms with Crippen LogP contribution in [-0.4, -0.2) is 44.8 Å². The molecular weight excluding hydrogens is 402 g/mol. The van der Waals surface area contributed by atoms with Gasteiger partial charge in [0.1, 0.15) is 0 Å². The van der Waals surface area contributed by atoms with E-state index in [0.29, 0.717) is 11.3 Å². The fourth-order valence-corrected chi connectivity index (χ4v) is 4.44. The van der Waals surface area contributed by atoms with E-state index in [0.717, 1.165) is 37.1 Å². The standard InChI is InChI=1S/C22H27N3O4S/c1-16-8-9-20(14-17(16)2)30(28,29)23-11-10-21(26)24-19-7-5-6-18(15-19)22(27)25-12-3-4-13-25/h5-9,14-15,23H,3-4,10-13H2,1-2H3,(H,24,26). The third kappa shape index (κ3) is 5.46. The van der Waals surface area contributed by atoms with Gasteiger partial charge in [0.05, 0.1) is 4.90 Å². The highest BCUT2D eigenvalue weighted by Gasteiger charge is 2.20. The van der Waals surface area contributed by atoms with Crippen LogP contribution >= 0.6 is 0 Å². The summed E-state index contributed by atoms with van der Waals surface area (Å²) in [6.45, 7) is 5.27. The lowest BCUT2D eigenvalue weighted by Gasteiger charge is -2.15. The first-order valence-electron chi connectivity index (χ1n) is 10.0. The van der Waals surface area contributed by atoms with Crippen LogP contribution in [0.5, 0.6) is 0 Å². The maximum Gasteiger partial charge on any atom is 0.253 e. The maximum atomic E-state index is 12.5. The summed E-state index contributed by atoms with van der Waals surface area (Å²) in [7, 11) is -3.68. The molecule has 8 heteroatoms. The van der Waals surface area contributed by atoms with Crippen molar-refractivity contribution in [3.05, 3.63) is 59.2 Å². The maximum absolute atomic E-state index is 12.5. The van der Waals surface area contributed by atoms with Gasteiger partial charge in [-0.3, -0.25) is 9.59 Å². The smallest absolute Gasteiger partial charge is 0.253 e. The number of hydrogen-bond acceptors (Lipinski definition) is 4. The van der Waals surface area contributed by atoms with E-state index in [4.69, 9.17) is 0 Å². The summed E-state index contributed by atoms with van der Waals surface area (Å²) >= 11 is 0. The minimum atomic E-state index is -3.68. The normalized spacial score (nSPS) is 14.0. The monoisotopic (exact) mass is 429 g/mol. The number of carbonyl (C=O) groups is 2. The van der Waals surface area contributed by atoms with Crippen molar-refractivity contribution < 1.29 is 18.0 Å². The van der Waals surface area contributed by atoms with Crippen molar-refractivity contribution in [3.8, 4) is 0 Å². The van der Waals surface area contributed by atoms with Crippen LogP contribution in [-0.2, 0) is 14.8 Å². The molecule has 2 N–H and O–H groups in total. The van der Waals surface area contributed by atoms with E-state index < -0.39 is 10.0 Å². The zero-order valence-corrected chi connectivity index (χ0v) is 18.1. The molecular formula is C22H27N3O4S. The summed E-state index contributed by atoms with van der Waals surface area (Å²) in [5.74, 6) is -0.367. The van der Waals surface area contributed by atoms with Crippen LogP contribution in [0.2, 0.25) is 0 Å². The minimum Gasteiger partial charge on any atom is -0.339 e.